The molecule has 0 radical (unpaired) electrons. The van der Waals surface area contributed by atoms with Crippen molar-refractivity contribution in [2.75, 3.05) is 5.32 Å². The van der Waals surface area contributed by atoms with Gasteiger partial charge in [-0.3, -0.25) is 0 Å². The molecule has 1 atom stereocenters. The zero-order valence-electron chi connectivity index (χ0n) is 7.13. The maximum Gasteiger partial charge on any atom is -0.147 e. The molecule has 2 rings (SSSR count). The van der Waals surface area contributed by atoms with Crippen LogP contribution in [0.5, 0.6) is 0 Å². The van der Waals surface area contributed by atoms with Crippen LogP contribution in [0.1, 0.15) is 12.5 Å². The van der Waals surface area contributed by atoms with Crippen molar-refractivity contribution in [1.29, 1.82) is 0 Å². The summed E-state index contributed by atoms with van der Waals surface area (Å²) in [5.74, 6) is 0. The van der Waals surface area contributed by atoms with Crippen molar-refractivity contribution in [3.63, 3.8) is 0 Å². The minimum atomic E-state index is 0. The van der Waals surface area contributed by atoms with E-state index in [1.54, 1.807) is 3.61 Å². The van der Waals surface area contributed by atoms with E-state index in [2.05, 4.69) is 37.4 Å². The monoisotopic (exact) mass is 299 g/mol. The first-order chi connectivity index (χ1) is 5.25. The summed E-state index contributed by atoms with van der Waals surface area (Å²) < 4.78 is 2.34. The molecule has 1 N–H and O–H groups in total. The number of fused-ring (bicyclic) bond motifs is 1. The molecule has 0 aliphatic carbocycles. The largest absolute Gasteiger partial charge is 0.147 e. The number of rotatable bonds is 0. The molecule has 12 heavy (non-hydrogen) atoms. The predicted molar refractivity (Wildman–Crippen MR) is 56.9 cm³/mol. The molecule has 0 saturated heterocycles. The topological polar surface area (TPSA) is 12.0 Å². The minimum Gasteiger partial charge on any atom is -0.147 e. The van der Waals surface area contributed by atoms with Gasteiger partial charge in [0, 0.05) is 0 Å². The van der Waals surface area contributed by atoms with E-state index < -0.39 is 0 Å². The summed E-state index contributed by atoms with van der Waals surface area (Å²) in [5, 5.41) is 3.50. The fourth-order valence-electron chi connectivity index (χ4n) is 1.30. The Kier molecular flexibility index (Phi) is 3.29. The van der Waals surface area contributed by atoms with E-state index in [-0.39, 0.29) is 33.3 Å². The second-order valence-electron chi connectivity index (χ2n) is 2.90. The zero-order valence-corrected chi connectivity index (χ0v) is 10.3. The third-order valence-electron chi connectivity index (χ3n) is 1.80. The van der Waals surface area contributed by atoms with Crippen LogP contribution in [0, 0.1) is 6.92 Å². The fraction of sp³-hybridized carbons (Fsp3) is 0.333. The average molecular weight is 297 g/mol. The van der Waals surface area contributed by atoms with Crippen molar-refractivity contribution in [3.8, 4) is 0 Å². The van der Waals surface area contributed by atoms with Crippen LogP contribution in [-0.2, 0) is 0 Å². The third kappa shape index (κ3) is 1.88. The first-order valence-electron chi connectivity index (χ1n) is 3.79. The second kappa shape index (κ2) is 3.87. The number of aryl methyl sites for hydroxylation is 1. The molecular weight excluding hydrogens is 285 g/mol. The molecule has 1 heterocycles. The Morgan fingerprint density at radius 1 is 1.42 bits per heavy atom. The van der Waals surface area contributed by atoms with Gasteiger partial charge in [-0.1, -0.05) is 0 Å². The van der Waals surface area contributed by atoms with Crippen molar-refractivity contribution < 1.29 is 0 Å². The molecule has 3 heteroatoms. The van der Waals surface area contributed by atoms with Crippen LogP contribution in [0.15, 0.2) is 18.2 Å². The molecule has 1 aliphatic rings. The standard InChI is InChI=1S/C9H11NTe.ClH/c1-6-3-4-9-8(5-6)10-7(2)11-9;/h3-5,7,10H,1-2H3;1H. The molecule has 1 aromatic rings. The molecular formula is C9H12ClNTe. The minimum absolute atomic E-state index is 0. The van der Waals surface area contributed by atoms with Crippen molar-refractivity contribution in [1.82, 2.24) is 0 Å². The summed E-state index contributed by atoms with van der Waals surface area (Å²) in [5.41, 5.74) is 2.75. The molecule has 0 fully saturated rings. The zero-order chi connectivity index (χ0) is 7.84. The molecule has 0 bridgehead atoms. The number of benzene rings is 1. The maximum absolute atomic E-state index is 3.50. The molecule has 0 spiro atoms. The molecule has 0 saturated carbocycles. The summed E-state index contributed by atoms with van der Waals surface area (Å²) in [6.07, 6.45) is 0. The van der Waals surface area contributed by atoms with Gasteiger partial charge in [0.1, 0.15) is 0 Å². The van der Waals surface area contributed by atoms with E-state index in [0.717, 1.165) is 4.09 Å². The average Bonchev–Trinajstić information content (AvgIpc) is 2.27. The van der Waals surface area contributed by atoms with Crippen LogP contribution in [-0.4, -0.2) is 25.0 Å². The van der Waals surface area contributed by atoms with E-state index >= 15 is 0 Å². The normalized spacial score (nSPS) is 19.3. The van der Waals surface area contributed by atoms with Gasteiger partial charge in [0.05, 0.1) is 0 Å². The van der Waals surface area contributed by atoms with Gasteiger partial charge in [-0.25, -0.2) is 0 Å². The number of halogens is 1. The SMILES string of the molecule is Cc1ccc2c(c1)NC(C)[Te]2.Cl. The number of nitrogens with one attached hydrogen (secondary N) is 1. The van der Waals surface area contributed by atoms with Gasteiger partial charge in [-0.05, 0) is 0 Å². The molecule has 1 unspecified atom stereocenters. The Morgan fingerprint density at radius 2 is 2.17 bits per heavy atom. The fourth-order valence-corrected chi connectivity index (χ4v) is 4.03. The van der Waals surface area contributed by atoms with Crippen LogP contribution in [0.2, 0.25) is 0 Å². The van der Waals surface area contributed by atoms with Crippen molar-refractivity contribution in [2.24, 2.45) is 0 Å². The van der Waals surface area contributed by atoms with Gasteiger partial charge < -0.3 is 0 Å². The number of anilines is 1. The van der Waals surface area contributed by atoms with Gasteiger partial charge in [0.25, 0.3) is 0 Å². The first kappa shape index (κ1) is 10.2. The van der Waals surface area contributed by atoms with Crippen molar-refractivity contribution in [2.45, 2.75) is 17.9 Å². The van der Waals surface area contributed by atoms with E-state index in [1.807, 2.05) is 0 Å². The number of hydrogen-bond acceptors (Lipinski definition) is 1. The van der Waals surface area contributed by atoms with Gasteiger partial charge in [-0.2, -0.15) is 0 Å². The van der Waals surface area contributed by atoms with Gasteiger partial charge in [0.2, 0.25) is 0 Å². The van der Waals surface area contributed by atoms with Crippen LogP contribution >= 0.6 is 12.4 Å². The summed E-state index contributed by atoms with van der Waals surface area (Å²) in [4.78, 5) is 0. The molecule has 0 aromatic heterocycles. The smallest absolute Gasteiger partial charge is 0.147 e. The van der Waals surface area contributed by atoms with E-state index in [0.29, 0.717) is 0 Å². The summed E-state index contributed by atoms with van der Waals surface area (Å²) in [6, 6.07) is 6.75. The van der Waals surface area contributed by atoms with Crippen molar-refractivity contribution in [3.05, 3.63) is 23.8 Å². The summed E-state index contributed by atoms with van der Waals surface area (Å²) >= 11 is 0.0648. The van der Waals surface area contributed by atoms with Crippen LogP contribution in [0.25, 0.3) is 0 Å². The van der Waals surface area contributed by atoms with Crippen LogP contribution in [0.3, 0.4) is 0 Å². The Balaban J connectivity index is 0.000000720. The summed E-state index contributed by atoms with van der Waals surface area (Å²) in [7, 11) is 0. The van der Waals surface area contributed by atoms with E-state index in [1.165, 1.54) is 11.3 Å². The Labute approximate surface area is 89.4 Å². The van der Waals surface area contributed by atoms with Crippen molar-refractivity contribution >= 4 is 42.6 Å². The van der Waals surface area contributed by atoms with Gasteiger partial charge in [0.15, 0.2) is 0 Å². The summed E-state index contributed by atoms with van der Waals surface area (Å²) in [6.45, 7) is 4.42. The maximum atomic E-state index is 3.50. The Bertz CT molecular complexity index is 288. The second-order valence-corrected chi connectivity index (χ2v) is 6.85. The molecule has 1 aromatic carbocycles. The van der Waals surface area contributed by atoms with E-state index in [4.69, 9.17) is 0 Å². The number of hydrogen-bond donors (Lipinski definition) is 1. The Morgan fingerprint density at radius 3 is 2.92 bits per heavy atom. The molecule has 0 amide bonds. The molecule has 1 nitrogen and oxygen atoms in total. The van der Waals surface area contributed by atoms with E-state index in [9.17, 15) is 0 Å². The molecule has 66 valence electrons. The predicted octanol–water partition coefficient (Wildman–Crippen LogP) is 1.52. The quantitative estimate of drug-likeness (QED) is 0.716. The van der Waals surface area contributed by atoms with Crippen LogP contribution in [0.4, 0.5) is 5.69 Å². The van der Waals surface area contributed by atoms with Gasteiger partial charge >= 0.3 is 77.2 Å². The first-order valence-corrected chi connectivity index (χ1v) is 6.30. The molecule has 1 aliphatic heterocycles. The third-order valence-corrected chi connectivity index (χ3v) is 4.88. The Hall–Kier alpha value is 0.0996. The van der Waals surface area contributed by atoms with Gasteiger partial charge in [-0.15, -0.1) is 12.4 Å². The van der Waals surface area contributed by atoms with Crippen LogP contribution < -0.4 is 8.93 Å².